The van der Waals surface area contributed by atoms with E-state index in [1.165, 1.54) is 111 Å². The molecule has 4 heteroatoms. The van der Waals surface area contributed by atoms with Crippen LogP contribution in [-0.4, -0.2) is 31.4 Å². The zero-order chi connectivity index (χ0) is 41.7. The standard InChI is InChI=1S/4C14H11B/c1-9-5-4-8-11-10-6-2-3-7-12(10)14(15)13(9)11;1-9-5-4-8-12-13(9)10-6-2-3-7-11(10)14(12)15;1-9-6-7-11-10-4-2-3-5-12(10)14(15)13(11)8-9;1-9-6-7-12-13(8-9)10-4-2-3-5-11(10)14(12)15/h4*2-8,14H,1H3. The van der Waals surface area contributed by atoms with E-state index >= 15 is 0 Å². The highest BCUT2D eigenvalue weighted by Crippen LogP contribution is 2.47. The zero-order valence-electron chi connectivity index (χ0n) is 34.8. The summed E-state index contributed by atoms with van der Waals surface area (Å²) in [4.78, 5) is 0. The van der Waals surface area contributed by atoms with E-state index in [9.17, 15) is 0 Å². The lowest BCUT2D eigenvalue weighted by Crippen LogP contribution is -1.96. The van der Waals surface area contributed by atoms with Crippen molar-refractivity contribution in [2.75, 3.05) is 0 Å². The van der Waals surface area contributed by atoms with Crippen molar-refractivity contribution in [2.24, 2.45) is 0 Å². The van der Waals surface area contributed by atoms with E-state index in [2.05, 4.69) is 198 Å². The lowest BCUT2D eigenvalue weighted by molar-refractivity contribution is 1.16. The van der Waals surface area contributed by atoms with Gasteiger partial charge in [0.1, 0.15) is 0 Å². The van der Waals surface area contributed by atoms with Gasteiger partial charge in [0, 0.05) is 0 Å². The predicted molar refractivity (Wildman–Crippen MR) is 257 cm³/mol. The van der Waals surface area contributed by atoms with Gasteiger partial charge in [-0.1, -0.05) is 181 Å². The molecule has 0 N–H and O–H groups in total. The van der Waals surface area contributed by atoms with E-state index in [-0.39, 0.29) is 23.3 Å². The van der Waals surface area contributed by atoms with Crippen molar-refractivity contribution in [3.63, 3.8) is 0 Å². The molecule has 4 atom stereocenters. The molecule has 0 amide bonds. The summed E-state index contributed by atoms with van der Waals surface area (Å²) in [6.07, 6.45) is 0. The monoisotopic (exact) mass is 760 g/mol. The first kappa shape index (κ1) is 39.5. The second kappa shape index (κ2) is 16.2. The number of aryl methyl sites for hydroxylation is 4. The van der Waals surface area contributed by atoms with Crippen LogP contribution in [0.5, 0.6) is 0 Å². The molecule has 8 aromatic carbocycles. The van der Waals surface area contributed by atoms with Gasteiger partial charge in [0.15, 0.2) is 0 Å². The van der Waals surface area contributed by atoms with E-state index in [1.807, 2.05) is 0 Å². The highest BCUT2D eigenvalue weighted by molar-refractivity contribution is 6.19. The Morgan fingerprint density at radius 3 is 1.35 bits per heavy atom. The first-order valence-corrected chi connectivity index (χ1v) is 20.9. The van der Waals surface area contributed by atoms with Crippen molar-refractivity contribution >= 4 is 31.4 Å². The van der Waals surface area contributed by atoms with Crippen LogP contribution < -0.4 is 0 Å². The average molecular weight is 760 g/mol. The normalized spacial score (nSPS) is 17.3. The molecule has 0 aromatic heterocycles. The van der Waals surface area contributed by atoms with Crippen LogP contribution in [0, 0.1) is 27.7 Å². The Balaban J connectivity index is 0.000000103. The zero-order valence-corrected chi connectivity index (χ0v) is 34.8. The maximum absolute atomic E-state index is 6.26. The van der Waals surface area contributed by atoms with Gasteiger partial charge in [-0.2, -0.15) is 0 Å². The van der Waals surface area contributed by atoms with E-state index in [4.69, 9.17) is 31.4 Å². The smallest absolute Gasteiger partial charge is 0.0620 e. The minimum absolute atomic E-state index is 0.0519. The fourth-order valence-electron chi connectivity index (χ4n) is 9.70. The summed E-state index contributed by atoms with van der Waals surface area (Å²) in [5.74, 6) is 0.210. The predicted octanol–water partition coefficient (Wildman–Crippen LogP) is 12.9. The maximum Gasteiger partial charge on any atom is 0.0828 e. The minimum atomic E-state index is 0.0519. The molecule has 0 bridgehead atoms. The van der Waals surface area contributed by atoms with Crippen molar-refractivity contribution in [3.05, 3.63) is 237 Å². The summed E-state index contributed by atoms with van der Waals surface area (Å²) >= 11 is 0. The lowest BCUT2D eigenvalue weighted by Gasteiger charge is -2.09. The molecule has 0 spiro atoms. The molecule has 0 fully saturated rings. The summed E-state index contributed by atoms with van der Waals surface area (Å²) in [5.41, 5.74) is 25.7. The van der Waals surface area contributed by atoms with Crippen LogP contribution >= 0.6 is 0 Å². The van der Waals surface area contributed by atoms with Crippen molar-refractivity contribution < 1.29 is 0 Å². The Morgan fingerprint density at radius 2 is 0.683 bits per heavy atom. The van der Waals surface area contributed by atoms with Gasteiger partial charge >= 0.3 is 0 Å². The van der Waals surface area contributed by atoms with Crippen LogP contribution in [0.15, 0.2) is 170 Å². The summed E-state index contributed by atoms with van der Waals surface area (Å²) < 4.78 is 0. The minimum Gasteiger partial charge on any atom is -0.0620 e. The molecule has 4 aliphatic rings. The molecule has 0 saturated carbocycles. The van der Waals surface area contributed by atoms with Crippen LogP contribution in [-0.2, 0) is 0 Å². The SMILES string of the molecule is [B]C1c2ccccc2-c2c(C)cccc21.[B]C1c2ccccc2-c2cc(C)ccc21.[B]C1c2ccccc2-c2ccc(C)cc21.[B]C1c2ccccc2-c2cccc(C)c21. The van der Waals surface area contributed by atoms with Crippen molar-refractivity contribution in [3.8, 4) is 44.5 Å². The van der Waals surface area contributed by atoms with E-state index in [0.717, 1.165) is 0 Å². The quantitative estimate of drug-likeness (QED) is 0.135. The molecule has 280 valence electrons. The lowest BCUT2D eigenvalue weighted by atomic mass is 9.78. The highest BCUT2D eigenvalue weighted by atomic mass is 14.3. The molecule has 4 unspecified atom stereocenters. The fraction of sp³-hybridized carbons (Fsp3) is 0.143. The first-order valence-electron chi connectivity index (χ1n) is 20.9. The molecule has 8 radical (unpaired) electrons. The molecule has 0 heterocycles. The van der Waals surface area contributed by atoms with Crippen LogP contribution in [0.4, 0.5) is 0 Å². The van der Waals surface area contributed by atoms with Crippen molar-refractivity contribution in [1.29, 1.82) is 0 Å². The van der Waals surface area contributed by atoms with E-state index in [0.29, 0.717) is 0 Å². The van der Waals surface area contributed by atoms with Crippen molar-refractivity contribution in [1.82, 2.24) is 0 Å². The largest absolute Gasteiger partial charge is 0.0828 e. The number of hydrogen-bond acceptors (Lipinski definition) is 0. The highest BCUT2D eigenvalue weighted by Gasteiger charge is 2.27. The van der Waals surface area contributed by atoms with Gasteiger partial charge in [0.25, 0.3) is 0 Å². The number of rotatable bonds is 0. The molecule has 4 aliphatic carbocycles. The Hall–Kier alpha value is -5.98. The van der Waals surface area contributed by atoms with Gasteiger partial charge < -0.3 is 0 Å². The van der Waals surface area contributed by atoms with Gasteiger partial charge in [-0.3, -0.25) is 0 Å². The van der Waals surface area contributed by atoms with Crippen LogP contribution in [0.25, 0.3) is 44.5 Å². The van der Waals surface area contributed by atoms with Gasteiger partial charge in [0.2, 0.25) is 0 Å². The van der Waals surface area contributed by atoms with Crippen LogP contribution in [0.2, 0.25) is 0 Å². The van der Waals surface area contributed by atoms with Gasteiger partial charge in [0.05, 0.1) is 31.4 Å². The Labute approximate surface area is 361 Å². The van der Waals surface area contributed by atoms with Gasteiger partial charge in [-0.15, -0.1) is 0 Å². The summed E-state index contributed by atoms with van der Waals surface area (Å²) in [5, 5.41) is 0. The Morgan fingerprint density at radius 1 is 0.283 bits per heavy atom. The fourth-order valence-corrected chi connectivity index (χ4v) is 9.70. The molecular weight excluding hydrogens is 716 g/mol. The summed E-state index contributed by atoms with van der Waals surface area (Å²) in [7, 11) is 24.9. The molecule has 12 rings (SSSR count). The van der Waals surface area contributed by atoms with Gasteiger partial charge in [-0.05, 0) is 151 Å². The number of hydrogen-bond donors (Lipinski definition) is 0. The van der Waals surface area contributed by atoms with Gasteiger partial charge in [-0.25, -0.2) is 0 Å². The molecule has 0 saturated heterocycles. The third-order valence-corrected chi connectivity index (χ3v) is 12.7. The molecule has 0 nitrogen and oxygen atoms in total. The maximum atomic E-state index is 6.26. The average Bonchev–Trinajstić information content (AvgIpc) is 3.94. The summed E-state index contributed by atoms with van der Waals surface area (Å²) in [6, 6.07) is 59.4. The third-order valence-electron chi connectivity index (χ3n) is 12.7. The number of benzene rings is 8. The second-order valence-electron chi connectivity index (χ2n) is 16.5. The third kappa shape index (κ3) is 6.91. The molecule has 8 aromatic rings. The first-order chi connectivity index (χ1) is 29.1. The van der Waals surface area contributed by atoms with Crippen LogP contribution in [0.3, 0.4) is 0 Å². The Kier molecular flexibility index (Phi) is 10.7. The molecule has 0 aliphatic heterocycles. The van der Waals surface area contributed by atoms with E-state index < -0.39 is 0 Å². The number of fused-ring (bicyclic) bond motifs is 12. The molecule has 60 heavy (non-hydrogen) atoms. The van der Waals surface area contributed by atoms with Crippen molar-refractivity contribution in [2.45, 2.75) is 51.0 Å². The second-order valence-corrected chi connectivity index (χ2v) is 16.5. The Bertz CT molecular complexity index is 2900. The topological polar surface area (TPSA) is 0 Å². The summed E-state index contributed by atoms with van der Waals surface area (Å²) in [6.45, 7) is 8.50. The molecular formula is C56H44B4. The van der Waals surface area contributed by atoms with Crippen LogP contribution in [0.1, 0.15) is 90.0 Å². The van der Waals surface area contributed by atoms with E-state index in [1.54, 1.807) is 0 Å².